The van der Waals surface area contributed by atoms with E-state index < -0.39 is 0 Å². The maximum atomic E-state index is 6.57. The van der Waals surface area contributed by atoms with Crippen molar-refractivity contribution in [2.75, 3.05) is 0 Å². The van der Waals surface area contributed by atoms with Crippen molar-refractivity contribution >= 4 is 75.3 Å². The van der Waals surface area contributed by atoms with Crippen LogP contribution in [0.4, 0.5) is 0 Å². The molecule has 57 heavy (non-hydrogen) atoms. The number of hydrogen-bond donors (Lipinski definition) is 0. The summed E-state index contributed by atoms with van der Waals surface area (Å²) in [6.45, 7) is 0. The Bertz CT molecular complexity index is 3420. The molecule has 266 valence electrons. The van der Waals surface area contributed by atoms with E-state index in [4.69, 9.17) is 19.4 Å². The van der Waals surface area contributed by atoms with Crippen LogP contribution in [0.2, 0.25) is 0 Å². The van der Waals surface area contributed by atoms with Crippen molar-refractivity contribution in [1.82, 2.24) is 19.5 Å². The van der Waals surface area contributed by atoms with Crippen LogP contribution in [0.1, 0.15) is 0 Å². The molecule has 0 saturated carbocycles. The first-order chi connectivity index (χ1) is 28.2. The van der Waals surface area contributed by atoms with Gasteiger partial charge in [-0.2, -0.15) is 0 Å². The third-order valence-electron chi connectivity index (χ3n) is 11.1. The number of fused-ring (bicyclic) bond motifs is 9. The van der Waals surface area contributed by atoms with Gasteiger partial charge in [0, 0.05) is 70.2 Å². The zero-order chi connectivity index (χ0) is 37.5. The van der Waals surface area contributed by atoms with Crippen LogP contribution >= 0.6 is 11.3 Å². The molecule has 0 spiro atoms. The summed E-state index contributed by atoms with van der Waals surface area (Å²) in [6.07, 6.45) is 0. The molecule has 0 unspecified atom stereocenters. The third kappa shape index (κ3) is 5.04. The first kappa shape index (κ1) is 31.9. The quantitative estimate of drug-likeness (QED) is 0.176. The molecule has 12 aromatic rings. The monoisotopic (exact) mass is 746 g/mol. The maximum Gasteiger partial charge on any atom is 0.165 e. The first-order valence-electron chi connectivity index (χ1n) is 19.0. The molecule has 4 aromatic heterocycles. The molecule has 0 saturated heterocycles. The summed E-state index contributed by atoms with van der Waals surface area (Å²) in [5.74, 6) is 1.97. The molecule has 0 aliphatic carbocycles. The zero-order valence-corrected chi connectivity index (χ0v) is 31.2. The van der Waals surface area contributed by atoms with E-state index in [0.29, 0.717) is 17.5 Å². The fraction of sp³-hybridized carbons (Fsp3) is 0. The number of rotatable bonds is 5. The van der Waals surface area contributed by atoms with Crippen LogP contribution < -0.4 is 0 Å². The van der Waals surface area contributed by atoms with E-state index in [2.05, 4.69) is 126 Å². The summed E-state index contributed by atoms with van der Waals surface area (Å²) < 4.78 is 11.3. The van der Waals surface area contributed by atoms with E-state index in [-0.39, 0.29) is 0 Å². The van der Waals surface area contributed by atoms with Gasteiger partial charge in [-0.3, -0.25) is 0 Å². The second kappa shape index (κ2) is 12.6. The Morgan fingerprint density at radius 3 is 1.74 bits per heavy atom. The molecular weight excluding hydrogens is 717 g/mol. The van der Waals surface area contributed by atoms with Crippen LogP contribution in [0.3, 0.4) is 0 Å². The van der Waals surface area contributed by atoms with E-state index >= 15 is 0 Å². The zero-order valence-electron chi connectivity index (χ0n) is 30.4. The molecule has 6 heteroatoms. The van der Waals surface area contributed by atoms with E-state index in [1.54, 1.807) is 11.3 Å². The van der Waals surface area contributed by atoms with Crippen LogP contribution in [0.25, 0.3) is 115 Å². The van der Waals surface area contributed by atoms with Gasteiger partial charge in [0.15, 0.2) is 17.5 Å². The minimum atomic E-state index is 0.654. The summed E-state index contributed by atoms with van der Waals surface area (Å²) in [4.78, 5) is 15.1. The van der Waals surface area contributed by atoms with Crippen LogP contribution in [-0.4, -0.2) is 19.5 Å². The van der Waals surface area contributed by atoms with Crippen molar-refractivity contribution in [3.63, 3.8) is 0 Å². The number of benzene rings is 8. The Labute approximate surface area is 330 Å². The summed E-state index contributed by atoms with van der Waals surface area (Å²) in [6, 6.07) is 63.7. The molecule has 0 radical (unpaired) electrons. The molecule has 0 aliphatic heterocycles. The molecular formula is C51H30N4OS. The fourth-order valence-corrected chi connectivity index (χ4v) is 9.70. The largest absolute Gasteiger partial charge is 0.456 e. The molecule has 4 heterocycles. The predicted octanol–water partition coefficient (Wildman–Crippen LogP) is 13.9. The normalized spacial score (nSPS) is 11.9. The van der Waals surface area contributed by atoms with Gasteiger partial charge < -0.3 is 8.98 Å². The van der Waals surface area contributed by atoms with Crippen molar-refractivity contribution in [3.8, 4) is 51.0 Å². The molecule has 5 nitrogen and oxygen atoms in total. The number of aromatic nitrogens is 4. The first-order valence-corrected chi connectivity index (χ1v) is 19.8. The van der Waals surface area contributed by atoms with Crippen molar-refractivity contribution < 1.29 is 4.42 Å². The van der Waals surface area contributed by atoms with Gasteiger partial charge in [0.2, 0.25) is 0 Å². The van der Waals surface area contributed by atoms with Crippen molar-refractivity contribution in [2.45, 2.75) is 0 Å². The number of furan rings is 1. The highest BCUT2D eigenvalue weighted by atomic mass is 32.1. The summed E-state index contributed by atoms with van der Waals surface area (Å²) in [5, 5.41) is 7.08. The Hall–Kier alpha value is -7.41. The van der Waals surface area contributed by atoms with Crippen LogP contribution in [0, 0.1) is 0 Å². The molecule has 0 fully saturated rings. The lowest BCUT2D eigenvalue weighted by atomic mass is 9.97. The number of para-hydroxylation sites is 2. The third-order valence-corrected chi connectivity index (χ3v) is 12.3. The van der Waals surface area contributed by atoms with Gasteiger partial charge in [-0.05, 0) is 59.7 Å². The van der Waals surface area contributed by atoms with Gasteiger partial charge >= 0.3 is 0 Å². The molecule has 12 rings (SSSR count). The second-order valence-electron chi connectivity index (χ2n) is 14.4. The Morgan fingerprint density at radius 1 is 0.404 bits per heavy atom. The lowest BCUT2D eigenvalue weighted by molar-refractivity contribution is 0.668. The van der Waals surface area contributed by atoms with Gasteiger partial charge in [0.1, 0.15) is 11.2 Å². The number of nitrogens with zero attached hydrogens (tertiary/aromatic N) is 4. The molecule has 8 aromatic carbocycles. The van der Waals surface area contributed by atoms with Crippen molar-refractivity contribution in [2.24, 2.45) is 0 Å². The summed E-state index contributed by atoms with van der Waals surface area (Å²) in [5.41, 5.74) is 10.4. The van der Waals surface area contributed by atoms with Crippen molar-refractivity contribution in [1.29, 1.82) is 0 Å². The second-order valence-corrected chi connectivity index (χ2v) is 15.4. The highest BCUT2D eigenvalue weighted by Gasteiger charge is 2.20. The number of thiophene rings is 1. The molecule has 0 bridgehead atoms. The minimum absolute atomic E-state index is 0.654. The molecule has 0 aliphatic rings. The Kier molecular flexibility index (Phi) is 7.03. The topological polar surface area (TPSA) is 56.7 Å². The Morgan fingerprint density at radius 2 is 1.02 bits per heavy atom. The summed E-state index contributed by atoms with van der Waals surface area (Å²) >= 11 is 1.78. The fourth-order valence-electron chi connectivity index (χ4n) is 8.47. The smallest absolute Gasteiger partial charge is 0.165 e. The molecule has 0 amide bonds. The highest BCUT2D eigenvalue weighted by Crippen LogP contribution is 2.45. The van der Waals surface area contributed by atoms with E-state index in [1.807, 2.05) is 60.7 Å². The van der Waals surface area contributed by atoms with Gasteiger partial charge in [-0.1, -0.05) is 127 Å². The van der Waals surface area contributed by atoms with E-state index in [9.17, 15) is 0 Å². The van der Waals surface area contributed by atoms with Crippen molar-refractivity contribution in [3.05, 3.63) is 182 Å². The maximum absolute atomic E-state index is 6.57. The van der Waals surface area contributed by atoms with E-state index in [0.717, 1.165) is 54.6 Å². The molecule has 0 atom stereocenters. The van der Waals surface area contributed by atoms with Crippen LogP contribution in [0.15, 0.2) is 186 Å². The lowest BCUT2D eigenvalue weighted by Crippen LogP contribution is -2.00. The molecule has 0 N–H and O–H groups in total. The average Bonchev–Trinajstić information content (AvgIpc) is 3.96. The minimum Gasteiger partial charge on any atom is -0.456 e. The standard InChI is InChI=1S/C51H30N4OS/c1-3-13-31(14-4-1)49-52-50(32-15-5-2-6-16-32)54-51(53-49)40-21-11-20-39-47-35(19-12-24-46(47)57-48(39)40)33-25-28-44-41(29-33)38-27-26-34(30-45(38)56-44)55-42-22-9-7-17-36(42)37-18-8-10-23-43(37)55/h1-30H. The SMILES string of the molecule is c1ccc(-c2nc(-c3ccccc3)nc(-c3cccc4c3sc3cccc(-c5ccc6oc7cc(-n8c9ccccc9c9ccccc98)ccc7c6c5)c34)n2)cc1. The van der Waals surface area contributed by atoms with Gasteiger partial charge in [0.25, 0.3) is 0 Å². The highest BCUT2D eigenvalue weighted by molar-refractivity contribution is 7.26. The summed E-state index contributed by atoms with van der Waals surface area (Å²) in [7, 11) is 0. The predicted molar refractivity (Wildman–Crippen MR) is 236 cm³/mol. The van der Waals surface area contributed by atoms with E-state index in [1.165, 1.54) is 42.8 Å². The van der Waals surface area contributed by atoms with Gasteiger partial charge in [-0.15, -0.1) is 11.3 Å². The number of hydrogen-bond acceptors (Lipinski definition) is 5. The lowest BCUT2D eigenvalue weighted by Gasteiger charge is -2.09. The van der Waals surface area contributed by atoms with Gasteiger partial charge in [0.05, 0.1) is 11.0 Å². The Balaban J connectivity index is 1.00. The average molecular weight is 747 g/mol. The van der Waals surface area contributed by atoms with Crippen LogP contribution in [-0.2, 0) is 0 Å². The van der Waals surface area contributed by atoms with Gasteiger partial charge in [-0.25, -0.2) is 15.0 Å². The van der Waals surface area contributed by atoms with Crippen LogP contribution in [0.5, 0.6) is 0 Å².